The number of carbonyl (C=O) groups is 1. The topological polar surface area (TPSA) is 29.1 Å². The molecule has 0 saturated heterocycles. The molecule has 0 heterocycles. The van der Waals surface area contributed by atoms with Crippen LogP contribution in [0.1, 0.15) is 21.5 Å². The van der Waals surface area contributed by atoms with E-state index in [1.807, 2.05) is 43.3 Å². The Morgan fingerprint density at radius 1 is 1.22 bits per heavy atom. The minimum Gasteiger partial charge on any atom is -0.351 e. The number of thioether (sulfide) groups is 1. The lowest BCUT2D eigenvalue weighted by Crippen LogP contribution is -2.26. The zero-order valence-electron chi connectivity index (χ0n) is 12.5. The van der Waals surface area contributed by atoms with E-state index < -0.39 is 0 Å². The highest BCUT2D eigenvalue weighted by molar-refractivity contribution is 14.1. The van der Waals surface area contributed by atoms with Gasteiger partial charge in [-0.15, -0.1) is 0 Å². The van der Waals surface area contributed by atoms with E-state index in [9.17, 15) is 4.79 Å². The molecule has 0 spiro atoms. The molecule has 0 radical (unpaired) electrons. The first kappa shape index (κ1) is 18.9. The number of hydrogen-bond donors (Lipinski definition) is 1. The Kier molecular flexibility index (Phi) is 7.53. The lowest BCUT2D eigenvalue weighted by atomic mass is 10.1. The second-order valence-electron chi connectivity index (χ2n) is 4.99. The molecule has 0 fully saturated rings. The predicted molar refractivity (Wildman–Crippen MR) is 109 cm³/mol. The Morgan fingerprint density at radius 3 is 2.57 bits per heavy atom. The molecule has 0 saturated carbocycles. The van der Waals surface area contributed by atoms with Crippen LogP contribution in [-0.4, -0.2) is 18.2 Å². The Balaban J connectivity index is 1.78. The molecular weight excluding hydrogens is 464 g/mol. The molecule has 0 bridgehead atoms. The van der Waals surface area contributed by atoms with Crippen molar-refractivity contribution in [1.29, 1.82) is 0 Å². The standard InChI is InChI=1S/C17H16Cl2INOS/c1-11-5-6-12(16(20)9-11)17(22)21-7-8-23-10-13-14(18)3-2-4-15(13)19/h2-6,9H,7-8,10H2,1H3,(H,21,22). The average molecular weight is 480 g/mol. The molecule has 2 aromatic rings. The molecule has 0 aliphatic rings. The van der Waals surface area contributed by atoms with Crippen molar-refractivity contribution in [2.24, 2.45) is 0 Å². The second kappa shape index (κ2) is 9.16. The van der Waals surface area contributed by atoms with Crippen LogP contribution in [0.25, 0.3) is 0 Å². The van der Waals surface area contributed by atoms with Gasteiger partial charge >= 0.3 is 0 Å². The molecule has 122 valence electrons. The molecule has 23 heavy (non-hydrogen) atoms. The molecule has 0 unspecified atom stereocenters. The van der Waals surface area contributed by atoms with Gasteiger partial charge in [-0.25, -0.2) is 0 Å². The minimum absolute atomic E-state index is 0.0363. The zero-order chi connectivity index (χ0) is 16.8. The van der Waals surface area contributed by atoms with Gasteiger partial charge in [0.15, 0.2) is 0 Å². The third-order valence-electron chi connectivity index (χ3n) is 3.21. The number of aryl methyl sites for hydroxylation is 1. The minimum atomic E-state index is -0.0363. The summed E-state index contributed by atoms with van der Waals surface area (Å²) < 4.78 is 0.968. The van der Waals surface area contributed by atoms with Crippen LogP contribution in [0.15, 0.2) is 36.4 Å². The summed E-state index contributed by atoms with van der Waals surface area (Å²) in [6.45, 7) is 2.62. The monoisotopic (exact) mass is 479 g/mol. The first-order valence-corrected chi connectivity index (χ1v) is 10.0. The molecule has 1 N–H and O–H groups in total. The van der Waals surface area contributed by atoms with E-state index >= 15 is 0 Å². The molecule has 0 aliphatic carbocycles. The Morgan fingerprint density at radius 2 is 1.91 bits per heavy atom. The van der Waals surface area contributed by atoms with Crippen LogP contribution in [0.4, 0.5) is 0 Å². The van der Waals surface area contributed by atoms with Gasteiger partial charge in [0, 0.05) is 31.7 Å². The normalized spacial score (nSPS) is 10.6. The van der Waals surface area contributed by atoms with Crippen LogP contribution < -0.4 is 5.32 Å². The van der Waals surface area contributed by atoms with E-state index in [-0.39, 0.29) is 5.91 Å². The van der Waals surface area contributed by atoms with Crippen LogP contribution in [-0.2, 0) is 5.75 Å². The fourth-order valence-electron chi connectivity index (χ4n) is 1.98. The van der Waals surface area contributed by atoms with Crippen molar-refractivity contribution in [3.05, 3.63) is 66.7 Å². The zero-order valence-corrected chi connectivity index (χ0v) is 17.0. The first-order chi connectivity index (χ1) is 11.0. The van der Waals surface area contributed by atoms with Gasteiger partial charge in [0.2, 0.25) is 0 Å². The summed E-state index contributed by atoms with van der Waals surface area (Å²) in [5.41, 5.74) is 2.81. The number of benzene rings is 2. The number of carbonyl (C=O) groups excluding carboxylic acids is 1. The van der Waals surface area contributed by atoms with Crippen molar-refractivity contribution >= 4 is 63.5 Å². The summed E-state index contributed by atoms with van der Waals surface area (Å²) >= 11 is 16.2. The quantitative estimate of drug-likeness (QED) is 0.433. The van der Waals surface area contributed by atoms with Crippen molar-refractivity contribution < 1.29 is 4.79 Å². The molecule has 1 amide bonds. The van der Waals surface area contributed by atoms with Gasteiger partial charge < -0.3 is 5.32 Å². The molecule has 0 aromatic heterocycles. The second-order valence-corrected chi connectivity index (χ2v) is 8.07. The SMILES string of the molecule is Cc1ccc(C(=O)NCCSCc2c(Cl)cccc2Cl)c(I)c1. The van der Waals surface area contributed by atoms with Gasteiger partial charge in [-0.05, 0) is 59.3 Å². The number of halogens is 3. The Labute approximate surface area is 164 Å². The molecule has 0 atom stereocenters. The molecule has 0 aliphatic heterocycles. The van der Waals surface area contributed by atoms with E-state index in [0.717, 1.165) is 31.8 Å². The molecule has 2 aromatic carbocycles. The van der Waals surface area contributed by atoms with Gasteiger partial charge in [-0.1, -0.05) is 40.9 Å². The highest BCUT2D eigenvalue weighted by atomic mass is 127. The molecule has 2 rings (SSSR count). The van der Waals surface area contributed by atoms with E-state index in [1.165, 1.54) is 0 Å². The summed E-state index contributed by atoms with van der Waals surface area (Å²) in [4.78, 5) is 12.2. The summed E-state index contributed by atoms with van der Waals surface area (Å²) in [5, 5.41) is 4.31. The maximum Gasteiger partial charge on any atom is 0.252 e. The third kappa shape index (κ3) is 5.55. The van der Waals surface area contributed by atoms with Crippen LogP contribution in [0.2, 0.25) is 10.0 Å². The fourth-order valence-corrected chi connectivity index (χ4v) is 4.49. The smallest absolute Gasteiger partial charge is 0.252 e. The van der Waals surface area contributed by atoms with Gasteiger partial charge in [0.25, 0.3) is 5.91 Å². The lowest BCUT2D eigenvalue weighted by molar-refractivity contribution is 0.0955. The van der Waals surface area contributed by atoms with Crippen LogP contribution in [0.5, 0.6) is 0 Å². The Bertz CT molecular complexity index is 689. The van der Waals surface area contributed by atoms with Crippen molar-refractivity contribution in [3.8, 4) is 0 Å². The number of nitrogens with one attached hydrogen (secondary N) is 1. The fraction of sp³-hybridized carbons (Fsp3) is 0.235. The summed E-state index contributed by atoms with van der Waals surface area (Å²) in [7, 11) is 0. The number of hydrogen-bond acceptors (Lipinski definition) is 2. The van der Waals surface area contributed by atoms with Crippen molar-refractivity contribution in [2.45, 2.75) is 12.7 Å². The van der Waals surface area contributed by atoms with Crippen molar-refractivity contribution in [1.82, 2.24) is 5.32 Å². The van der Waals surface area contributed by atoms with Gasteiger partial charge in [0.1, 0.15) is 0 Å². The molecule has 2 nitrogen and oxygen atoms in total. The van der Waals surface area contributed by atoms with Crippen LogP contribution >= 0.6 is 57.6 Å². The van der Waals surface area contributed by atoms with Gasteiger partial charge in [0.05, 0.1) is 5.56 Å². The van der Waals surface area contributed by atoms with Crippen molar-refractivity contribution in [3.63, 3.8) is 0 Å². The maximum absolute atomic E-state index is 12.2. The van der Waals surface area contributed by atoms with Gasteiger partial charge in [-0.2, -0.15) is 11.8 Å². The first-order valence-electron chi connectivity index (χ1n) is 7.04. The maximum atomic E-state index is 12.2. The van der Waals surface area contributed by atoms with Crippen molar-refractivity contribution in [2.75, 3.05) is 12.3 Å². The predicted octanol–water partition coefficient (Wildman–Crippen LogP) is 5.57. The van der Waals surface area contributed by atoms with E-state index in [4.69, 9.17) is 23.2 Å². The van der Waals surface area contributed by atoms with E-state index in [0.29, 0.717) is 16.6 Å². The lowest BCUT2D eigenvalue weighted by Gasteiger charge is -2.09. The third-order valence-corrected chi connectivity index (χ3v) is 5.80. The van der Waals surface area contributed by atoms with E-state index in [1.54, 1.807) is 11.8 Å². The highest BCUT2D eigenvalue weighted by Crippen LogP contribution is 2.28. The van der Waals surface area contributed by atoms with Crippen LogP contribution in [0, 0.1) is 10.5 Å². The summed E-state index contributed by atoms with van der Waals surface area (Å²) in [6, 6.07) is 11.3. The molecule has 6 heteroatoms. The highest BCUT2D eigenvalue weighted by Gasteiger charge is 2.09. The van der Waals surface area contributed by atoms with Gasteiger partial charge in [-0.3, -0.25) is 4.79 Å². The molecular formula is C17H16Cl2INOS. The summed E-state index contributed by atoms with van der Waals surface area (Å²) in [6.07, 6.45) is 0. The largest absolute Gasteiger partial charge is 0.351 e. The number of amides is 1. The average Bonchev–Trinajstić information content (AvgIpc) is 2.49. The van der Waals surface area contributed by atoms with Crippen LogP contribution in [0.3, 0.4) is 0 Å². The Hall–Kier alpha value is -0.430. The summed E-state index contributed by atoms with van der Waals surface area (Å²) in [5.74, 6) is 1.50. The van der Waals surface area contributed by atoms with E-state index in [2.05, 4.69) is 27.9 Å². The number of rotatable bonds is 6.